The number of nitrogens with one attached hydrogen (secondary N) is 1. The van der Waals surface area contributed by atoms with E-state index in [0.717, 1.165) is 16.6 Å². The summed E-state index contributed by atoms with van der Waals surface area (Å²) in [4.78, 5) is 32.5. The Kier molecular flexibility index (Phi) is 5.49. The van der Waals surface area contributed by atoms with Crippen molar-refractivity contribution in [1.29, 1.82) is 0 Å². The fourth-order valence-corrected chi connectivity index (χ4v) is 4.45. The number of pyridine rings is 1. The van der Waals surface area contributed by atoms with Crippen LogP contribution in [0.3, 0.4) is 0 Å². The Balaban J connectivity index is 1.72. The van der Waals surface area contributed by atoms with Gasteiger partial charge in [0, 0.05) is 27.8 Å². The van der Waals surface area contributed by atoms with Gasteiger partial charge in [-0.2, -0.15) is 0 Å². The molecule has 4 rings (SSSR count). The van der Waals surface area contributed by atoms with Crippen molar-refractivity contribution in [1.82, 2.24) is 4.98 Å². The molecule has 0 saturated heterocycles. The highest BCUT2D eigenvalue weighted by atomic mass is 35.5. The molecule has 2 aromatic carbocycles. The van der Waals surface area contributed by atoms with Crippen molar-refractivity contribution in [2.75, 3.05) is 10.2 Å². The first-order valence-electron chi connectivity index (χ1n) is 9.22. The average molecular weight is 442 g/mol. The summed E-state index contributed by atoms with van der Waals surface area (Å²) in [5.41, 5.74) is 1.58. The molecule has 30 heavy (non-hydrogen) atoms. The van der Waals surface area contributed by atoms with Gasteiger partial charge in [0.1, 0.15) is 10.8 Å². The molecule has 0 radical (unpaired) electrons. The maximum Gasteiger partial charge on any atom is 0.261 e. The highest BCUT2D eigenvalue weighted by Crippen LogP contribution is 2.42. The van der Waals surface area contributed by atoms with Crippen LogP contribution in [0.1, 0.15) is 34.6 Å². The van der Waals surface area contributed by atoms with E-state index in [9.17, 15) is 14.0 Å². The maximum absolute atomic E-state index is 14.0. The van der Waals surface area contributed by atoms with Crippen LogP contribution in [0.25, 0.3) is 0 Å². The van der Waals surface area contributed by atoms with Gasteiger partial charge in [0.05, 0.1) is 16.8 Å². The van der Waals surface area contributed by atoms with Gasteiger partial charge in [-0.1, -0.05) is 23.4 Å². The van der Waals surface area contributed by atoms with Crippen molar-refractivity contribution in [3.63, 3.8) is 0 Å². The molecule has 0 aliphatic carbocycles. The number of anilines is 2. The van der Waals surface area contributed by atoms with Gasteiger partial charge in [0.2, 0.25) is 0 Å². The van der Waals surface area contributed by atoms with E-state index in [4.69, 9.17) is 11.6 Å². The Morgan fingerprint density at radius 3 is 2.77 bits per heavy atom. The van der Waals surface area contributed by atoms with Crippen LogP contribution in [0, 0.1) is 5.82 Å². The minimum Gasteiger partial charge on any atom is -0.322 e. The molecule has 1 aliphatic rings. The molecule has 0 spiro atoms. The number of aromatic nitrogens is 1. The zero-order chi connectivity index (χ0) is 21.4. The van der Waals surface area contributed by atoms with Gasteiger partial charge in [0.15, 0.2) is 0 Å². The van der Waals surface area contributed by atoms with Crippen LogP contribution in [0.2, 0.25) is 5.02 Å². The molecule has 0 fully saturated rings. The van der Waals surface area contributed by atoms with Crippen LogP contribution in [-0.2, 0) is 0 Å². The first-order chi connectivity index (χ1) is 14.3. The molecule has 0 saturated carbocycles. The highest BCUT2D eigenvalue weighted by molar-refractivity contribution is 7.99. The monoisotopic (exact) mass is 441 g/mol. The number of hydrogen-bond acceptors (Lipinski definition) is 4. The van der Waals surface area contributed by atoms with Gasteiger partial charge in [-0.25, -0.2) is 9.37 Å². The Labute approximate surface area is 182 Å². The second kappa shape index (κ2) is 8.08. The second-order valence-electron chi connectivity index (χ2n) is 6.99. The lowest BCUT2D eigenvalue weighted by Crippen LogP contribution is -2.37. The third-order valence-corrected chi connectivity index (χ3v) is 5.89. The van der Waals surface area contributed by atoms with E-state index in [1.807, 2.05) is 13.8 Å². The maximum atomic E-state index is 14.0. The number of fused-ring (bicyclic) bond motifs is 2. The minimum atomic E-state index is -0.657. The van der Waals surface area contributed by atoms with Gasteiger partial charge in [-0.3, -0.25) is 9.59 Å². The number of nitrogens with zero attached hydrogens (tertiary/aromatic N) is 2. The summed E-state index contributed by atoms with van der Waals surface area (Å²) in [5, 5.41) is 3.57. The second-order valence-corrected chi connectivity index (χ2v) is 8.45. The number of halogens is 2. The van der Waals surface area contributed by atoms with Crippen LogP contribution < -0.4 is 10.2 Å². The fourth-order valence-electron chi connectivity index (χ4n) is 3.23. The minimum absolute atomic E-state index is 0.0796. The summed E-state index contributed by atoms with van der Waals surface area (Å²) < 4.78 is 14.0. The highest BCUT2D eigenvalue weighted by Gasteiger charge is 2.30. The number of benzene rings is 2. The molecule has 1 aromatic heterocycles. The van der Waals surface area contributed by atoms with Crippen molar-refractivity contribution in [3.05, 3.63) is 76.7 Å². The Morgan fingerprint density at radius 1 is 1.20 bits per heavy atom. The predicted molar refractivity (Wildman–Crippen MR) is 116 cm³/mol. The molecule has 2 heterocycles. The summed E-state index contributed by atoms with van der Waals surface area (Å²) in [6.07, 6.45) is 1.64. The van der Waals surface area contributed by atoms with E-state index in [0.29, 0.717) is 16.3 Å². The summed E-state index contributed by atoms with van der Waals surface area (Å²) in [7, 11) is 0. The van der Waals surface area contributed by atoms with Gasteiger partial charge in [-0.15, -0.1) is 0 Å². The molecule has 0 unspecified atom stereocenters. The van der Waals surface area contributed by atoms with Crippen LogP contribution in [0.15, 0.2) is 64.6 Å². The van der Waals surface area contributed by atoms with Gasteiger partial charge < -0.3 is 10.2 Å². The number of carbonyl (C=O) groups is 2. The molecular formula is C22H17ClFN3O2S. The summed E-state index contributed by atoms with van der Waals surface area (Å²) in [5.74, 6) is -1.39. The number of hydrogen-bond donors (Lipinski definition) is 1. The van der Waals surface area contributed by atoms with E-state index in [1.165, 1.54) is 23.9 Å². The van der Waals surface area contributed by atoms with Crippen molar-refractivity contribution in [2.45, 2.75) is 29.8 Å². The fraction of sp³-hybridized carbons (Fsp3) is 0.136. The Morgan fingerprint density at radius 2 is 2.00 bits per heavy atom. The largest absolute Gasteiger partial charge is 0.322 e. The molecule has 8 heteroatoms. The van der Waals surface area contributed by atoms with E-state index in [-0.39, 0.29) is 22.5 Å². The molecule has 2 amide bonds. The lowest BCUT2D eigenvalue weighted by Gasteiger charge is -2.27. The Hall–Kier alpha value is -2.90. The number of amides is 2. The van der Waals surface area contributed by atoms with Crippen molar-refractivity contribution in [2.24, 2.45) is 0 Å². The predicted octanol–water partition coefficient (Wildman–Crippen LogP) is 5.65. The van der Waals surface area contributed by atoms with Crippen LogP contribution in [0.5, 0.6) is 0 Å². The summed E-state index contributed by atoms with van der Waals surface area (Å²) in [6, 6.07) is 12.4. The third-order valence-electron chi connectivity index (χ3n) is 4.59. The molecular weight excluding hydrogens is 425 g/mol. The van der Waals surface area contributed by atoms with Crippen LogP contribution in [-0.4, -0.2) is 22.8 Å². The zero-order valence-corrected chi connectivity index (χ0v) is 17.7. The molecule has 5 nitrogen and oxygen atoms in total. The van der Waals surface area contributed by atoms with E-state index >= 15 is 0 Å². The first-order valence-corrected chi connectivity index (χ1v) is 10.4. The smallest absolute Gasteiger partial charge is 0.261 e. The number of carbonyl (C=O) groups excluding carboxylic acids is 2. The lowest BCUT2D eigenvalue weighted by molar-refractivity contribution is 0.0975. The van der Waals surface area contributed by atoms with Crippen LogP contribution >= 0.6 is 23.4 Å². The lowest BCUT2D eigenvalue weighted by atomic mass is 10.1. The third kappa shape index (κ3) is 3.78. The van der Waals surface area contributed by atoms with Gasteiger partial charge >= 0.3 is 0 Å². The van der Waals surface area contributed by atoms with E-state index in [2.05, 4.69) is 10.3 Å². The van der Waals surface area contributed by atoms with Crippen molar-refractivity contribution >= 4 is 46.6 Å². The molecule has 1 N–H and O–H groups in total. The zero-order valence-electron chi connectivity index (χ0n) is 16.1. The molecule has 0 atom stereocenters. The van der Waals surface area contributed by atoms with Gasteiger partial charge in [-0.05, 0) is 62.4 Å². The topological polar surface area (TPSA) is 62.3 Å². The molecule has 1 aliphatic heterocycles. The molecule has 3 aromatic rings. The standard InChI is InChI=1S/C22H17ClFN3O2S/c1-12(2)27-18-8-6-14(26-20(28)16-10-13(23)5-7-17(16)24)11-19(18)30-21-15(22(27)29)4-3-9-25-21/h3-12H,1-2H3,(H,26,28). The SMILES string of the molecule is CC(C)N1C(=O)c2cccnc2Sc2cc(NC(=O)c3cc(Cl)ccc3F)ccc21. The normalized spacial score (nSPS) is 13.0. The van der Waals surface area contributed by atoms with Crippen LogP contribution in [0.4, 0.5) is 15.8 Å². The number of rotatable bonds is 3. The summed E-state index contributed by atoms with van der Waals surface area (Å²) in [6.45, 7) is 3.87. The van der Waals surface area contributed by atoms with E-state index < -0.39 is 11.7 Å². The van der Waals surface area contributed by atoms with E-state index in [1.54, 1.807) is 41.4 Å². The Bertz CT molecular complexity index is 1170. The van der Waals surface area contributed by atoms with Crippen molar-refractivity contribution in [3.8, 4) is 0 Å². The first kappa shape index (κ1) is 20.4. The quantitative estimate of drug-likeness (QED) is 0.570. The van der Waals surface area contributed by atoms with Crippen molar-refractivity contribution < 1.29 is 14.0 Å². The molecule has 0 bridgehead atoms. The summed E-state index contributed by atoms with van der Waals surface area (Å²) >= 11 is 7.24. The molecule has 152 valence electrons. The van der Waals surface area contributed by atoms with Gasteiger partial charge in [0.25, 0.3) is 11.8 Å². The average Bonchev–Trinajstić information content (AvgIpc) is 2.83.